The lowest BCUT2D eigenvalue weighted by molar-refractivity contribution is -0.107. The lowest BCUT2D eigenvalue weighted by Gasteiger charge is -2.00. The van der Waals surface area contributed by atoms with E-state index in [9.17, 15) is 4.79 Å². The summed E-state index contributed by atoms with van der Waals surface area (Å²) < 4.78 is 6.01. The zero-order chi connectivity index (χ0) is 13.7. The number of rotatable bonds is 4. The van der Waals surface area contributed by atoms with Crippen LogP contribution in [0.25, 0.3) is 6.08 Å². The van der Waals surface area contributed by atoms with E-state index in [1.165, 1.54) is 11.8 Å². The Kier molecular flexibility index (Phi) is 5.10. The molecule has 2 rings (SSSR count). The summed E-state index contributed by atoms with van der Waals surface area (Å²) >= 11 is 2.85. The Morgan fingerprint density at radius 1 is 1.47 bits per heavy atom. The summed E-state index contributed by atoms with van der Waals surface area (Å²) in [5.74, 6) is 1.77. The van der Waals surface area contributed by atoms with Crippen LogP contribution < -0.4 is 4.74 Å². The SMILES string of the molecule is CCCSC1=NC(=Cc2cccc(OC)c2)C(=O)S1. The molecule has 0 atom stereocenters. The highest BCUT2D eigenvalue weighted by Crippen LogP contribution is 2.31. The monoisotopic (exact) mass is 293 g/mol. The van der Waals surface area contributed by atoms with Crippen LogP contribution >= 0.6 is 23.5 Å². The molecule has 0 aromatic heterocycles. The Balaban J connectivity index is 2.17. The molecule has 0 saturated heterocycles. The molecule has 19 heavy (non-hydrogen) atoms. The molecular formula is C14H15NO2S2. The highest BCUT2D eigenvalue weighted by molar-refractivity contribution is 8.45. The van der Waals surface area contributed by atoms with E-state index in [-0.39, 0.29) is 5.12 Å². The van der Waals surface area contributed by atoms with Crippen molar-refractivity contribution in [3.8, 4) is 5.75 Å². The number of benzene rings is 1. The van der Waals surface area contributed by atoms with Crippen molar-refractivity contribution in [2.75, 3.05) is 12.9 Å². The zero-order valence-corrected chi connectivity index (χ0v) is 12.5. The van der Waals surface area contributed by atoms with Gasteiger partial charge in [-0.05, 0) is 47.7 Å². The molecule has 3 nitrogen and oxygen atoms in total. The molecule has 0 radical (unpaired) electrons. The molecule has 1 heterocycles. The molecule has 1 aliphatic heterocycles. The number of hydrogen-bond acceptors (Lipinski definition) is 5. The fraction of sp³-hybridized carbons (Fsp3) is 0.286. The van der Waals surface area contributed by atoms with Crippen molar-refractivity contribution in [1.82, 2.24) is 0 Å². The van der Waals surface area contributed by atoms with Crippen molar-refractivity contribution in [1.29, 1.82) is 0 Å². The summed E-state index contributed by atoms with van der Waals surface area (Å²) in [6.07, 6.45) is 2.88. The third-order valence-electron chi connectivity index (χ3n) is 2.43. The lowest BCUT2D eigenvalue weighted by Crippen LogP contribution is -1.89. The van der Waals surface area contributed by atoms with Crippen molar-refractivity contribution >= 4 is 39.1 Å². The Bertz CT molecular complexity index is 538. The molecule has 100 valence electrons. The van der Waals surface area contributed by atoms with Crippen LogP contribution in [0.3, 0.4) is 0 Å². The molecule has 0 spiro atoms. The minimum Gasteiger partial charge on any atom is -0.497 e. The second kappa shape index (κ2) is 6.82. The minimum absolute atomic E-state index is 0.0152. The predicted molar refractivity (Wildman–Crippen MR) is 83.8 cm³/mol. The van der Waals surface area contributed by atoms with Gasteiger partial charge in [-0.15, -0.1) is 0 Å². The van der Waals surface area contributed by atoms with E-state index in [0.29, 0.717) is 5.70 Å². The van der Waals surface area contributed by atoms with Gasteiger partial charge in [-0.2, -0.15) is 0 Å². The van der Waals surface area contributed by atoms with Crippen LogP contribution in [0.5, 0.6) is 5.75 Å². The van der Waals surface area contributed by atoms with Gasteiger partial charge in [0.2, 0.25) is 5.12 Å². The highest BCUT2D eigenvalue weighted by atomic mass is 32.2. The van der Waals surface area contributed by atoms with Gasteiger partial charge in [-0.3, -0.25) is 4.79 Å². The fourth-order valence-electron chi connectivity index (χ4n) is 1.53. The number of aliphatic imine (C=N–C) groups is 1. The standard InChI is InChI=1S/C14H15NO2S2/c1-3-7-18-14-15-12(13(16)19-14)9-10-5-4-6-11(8-10)17-2/h4-6,8-9H,3,7H2,1-2H3. The predicted octanol–water partition coefficient (Wildman–Crippen LogP) is 3.81. The van der Waals surface area contributed by atoms with E-state index >= 15 is 0 Å². The number of methoxy groups -OCH3 is 1. The van der Waals surface area contributed by atoms with Crippen LogP contribution in [0, 0.1) is 0 Å². The quantitative estimate of drug-likeness (QED) is 0.791. The average Bonchev–Trinajstić information content (AvgIpc) is 2.77. The first-order valence-corrected chi connectivity index (χ1v) is 7.82. The van der Waals surface area contributed by atoms with E-state index in [1.807, 2.05) is 24.3 Å². The first-order chi connectivity index (χ1) is 9.22. The van der Waals surface area contributed by atoms with E-state index < -0.39 is 0 Å². The summed E-state index contributed by atoms with van der Waals surface area (Å²) in [7, 11) is 1.63. The number of ether oxygens (including phenoxy) is 1. The number of carbonyl (C=O) groups is 1. The molecule has 5 heteroatoms. The maximum atomic E-state index is 11.8. The molecule has 0 amide bonds. The van der Waals surface area contributed by atoms with Crippen LogP contribution in [0.1, 0.15) is 18.9 Å². The second-order valence-corrected chi connectivity index (χ2v) is 6.23. The smallest absolute Gasteiger partial charge is 0.244 e. The number of nitrogens with zero attached hydrogens (tertiary/aromatic N) is 1. The minimum atomic E-state index is 0.0152. The molecule has 0 aliphatic carbocycles. The van der Waals surface area contributed by atoms with Gasteiger partial charge in [-0.1, -0.05) is 30.8 Å². The number of carbonyl (C=O) groups excluding carboxylic acids is 1. The number of thioether (sulfide) groups is 2. The van der Waals surface area contributed by atoms with Crippen molar-refractivity contribution in [2.45, 2.75) is 13.3 Å². The van der Waals surface area contributed by atoms with E-state index in [1.54, 1.807) is 24.9 Å². The Morgan fingerprint density at radius 3 is 3.05 bits per heavy atom. The fourth-order valence-corrected chi connectivity index (χ4v) is 3.30. The molecule has 0 fully saturated rings. The van der Waals surface area contributed by atoms with Gasteiger partial charge < -0.3 is 4.74 Å². The first kappa shape index (κ1) is 14.2. The van der Waals surface area contributed by atoms with Crippen LogP contribution in [-0.4, -0.2) is 22.4 Å². The maximum absolute atomic E-state index is 11.8. The molecule has 1 aromatic carbocycles. The zero-order valence-electron chi connectivity index (χ0n) is 10.9. The molecule has 0 unspecified atom stereocenters. The Labute approximate surface area is 121 Å². The van der Waals surface area contributed by atoms with E-state index in [4.69, 9.17) is 4.74 Å². The Morgan fingerprint density at radius 2 is 2.32 bits per heavy atom. The van der Waals surface area contributed by atoms with Crippen molar-refractivity contribution < 1.29 is 9.53 Å². The molecule has 0 bridgehead atoms. The summed E-state index contributed by atoms with van der Waals surface area (Å²) in [5, 5.41) is 0.0152. The topological polar surface area (TPSA) is 38.7 Å². The van der Waals surface area contributed by atoms with Gasteiger partial charge >= 0.3 is 0 Å². The van der Waals surface area contributed by atoms with Crippen molar-refractivity contribution in [2.24, 2.45) is 4.99 Å². The summed E-state index contributed by atoms with van der Waals surface area (Å²) in [5.41, 5.74) is 1.44. The van der Waals surface area contributed by atoms with Gasteiger partial charge in [0, 0.05) is 0 Å². The van der Waals surface area contributed by atoms with Crippen molar-refractivity contribution in [3.63, 3.8) is 0 Å². The molecule has 0 N–H and O–H groups in total. The summed E-state index contributed by atoms with van der Waals surface area (Å²) in [4.78, 5) is 16.2. The first-order valence-electron chi connectivity index (χ1n) is 6.02. The Hall–Kier alpha value is -1.20. The van der Waals surface area contributed by atoms with Crippen LogP contribution in [-0.2, 0) is 4.79 Å². The van der Waals surface area contributed by atoms with Gasteiger partial charge in [-0.25, -0.2) is 4.99 Å². The normalized spacial score (nSPS) is 16.8. The van der Waals surface area contributed by atoms with E-state index in [0.717, 1.165) is 27.9 Å². The molecular weight excluding hydrogens is 278 g/mol. The third kappa shape index (κ3) is 3.88. The largest absolute Gasteiger partial charge is 0.497 e. The lowest BCUT2D eigenvalue weighted by atomic mass is 10.2. The molecule has 1 aromatic rings. The van der Waals surface area contributed by atoms with Crippen LogP contribution in [0.15, 0.2) is 35.0 Å². The maximum Gasteiger partial charge on any atom is 0.244 e. The highest BCUT2D eigenvalue weighted by Gasteiger charge is 2.22. The van der Waals surface area contributed by atoms with Crippen LogP contribution in [0.4, 0.5) is 0 Å². The average molecular weight is 293 g/mol. The van der Waals surface area contributed by atoms with Gasteiger partial charge in [0.05, 0.1) is 7.11 Å². The number of hydrogen-bond donors (Lipinski definition) is 0. The second-order valence-electron chi connectivity index (χ2n) is 3.92. The summed E-state index contributed by atoms with van der Waals surface area (Å²) in [6.45, 7) is 2.11. The van der Waals surface area contributed by atoms with Gasteiger partial charge in [0.15, 0.2) is 0 Å². The molecule has 0 saturated carbocycles. The molecule has 1 aliphatic rings. The van der Waals surface area contributed by atoms with Crippen molar-refractivity contribution in [3.05, 3.63) is 35.5 Å². The van der Waals surface area contributed by atoms with Gasteiger partial charge in [0.1, 0.15) is 15.8 Å². The summed E-state index contributed by atoms with van der Waals surface area (Å²) in [6, 6.07) is 7.59. The van der Waals surface area contributed by atoms with Crippen LogP contribution in [0.2, 0.25) is 0 Å². The van der Waals surface area contributed by atoms with E-state index in [2.05, 4.69) is 11.9 Å². The third-order valence-corrected chi connectivity index (χ3v) is 4.64. The van der Waals surface area contributed by atoms with Gasteiger partial charge in [0.25, 0.3) is 0 Å².